The van der Waals surface area contributed by atoms with Gasteiger partial charge in [0, 0.05) is 0 Å². The number of unbranched alkanes of at least 4 members (excludes halogenated alkanes) is 5. The van der Waals surface area contributed by atoms with Gasteiger partial charge in [0.15, 0.2) is 0 Å². The topological polar surface area (TPSA) is 46.5 Å². The maximum atomic E-state index is 11.7. The third-order valence-corrected chi connectivity index (χ3v) is 4.06. The summed E-state index contributed by atoms with van der Waals surface area (Å²) in [6.07, 6.45) is 10.1. The first-order valence-electron chi connectivity index (χ1n) is 7.84. The van der Waals surface area contributed by atoms with Gasteiger partial charge in [-0.2, -0.15) is 5.26 Å². The number of hydrogen-bond acceptors (Lipinski definition) is 3. The molecule has 0 radical (unpaired) electrons. The number of hydrogen-bond donors (Lipinski definition) is 1. The van der Waals surface area contributed by atoms with E-state index < -0.39 is 5.97 Å². The van der Waals surface area contributed by atoms with Crippen LogP contribution < -0.4 is 0 Å². The lowest BCUT2D eigenvalue weighted by molar-refractivity contribution is -0.243. The zero-order valence-electron chi connectivity index (χ0n) is 13.2. The zero-order chi connectivity index (χ0) is 14.7. The Balaban J connectivity index is 4.18. The van der Waals surface area contributed by atoms with Crippen LogP contribution in [0.5, 0.6) is 0 Å². The van der Waals surface area contributed by atoms with Crippen LogP contribution in [0.2, 0.25) is 0 Å². The van der Waals surface area contributed by atoms with Crippen LogP contribution >= 0.6 is 0 Å². The van der Waals surface area contributed by atoms with Crippen molar-refractivity contribution in [2.75, 3.05) is 0 Å². The Kier molecular flexibility index (Phi) is 9.94. The van der Waals surface area contributed by atoms with Crippen molar-refractivity contribution in [3.63, 3.8) is 0 Å². The molecule has 3 heteroatoms. The van der Waals surface area contributed by atoms with Crippen LogP contribution in [0.25, 0.3) is 0 Å². The maximum Gasteiger partial charge on any atom is 0.345 e. The van der Waals surface area contributed by atoms with Gasteiger partial charge >= 0.3 is 5.97 Å². The summed E-state index contributed by atoms with van der Waals surface area (Å²) in [5, 5.41) is 8.66. The maximum absolute atomic E-state index is 11.7. The molecule has 3 nitrogen and oxygen atoms in total. The van der Waals surface area contributed by atoms with Crippen LogP contribution in [-0.2, 0) is 9.68 Å². The van der Waals surface area contributed by atoms with E-state index in [2.05, 4.69) is 32.6 Å². The third-order valence-electron chi connectivity index (χ3n) is 4.06. The Bertz CT molecular complexity index is 236. The largest absolute Gasteiger partial charge is 0.345 e. The Hall–Kier alpha value is -0.570. The highest BCUT2D eigenvalue weighted by atomic mass is 17.1. The molecule has 0 aromatic carbocycles. The Labute approximate surface area is 118 Å². The molecule has 0 aliphatic rings. The first-order chi connectivity index (χ1) is 8.99. The van der Waals surface area contributed by atoms with Crippen LogP contribution in [0, 0.1) is 11.3 Å². The fraction of sp³-hybridized carbons (Fsp3) is 0.938. The van der Waals surface area contributed by atoms with E-state index in [1.54, 1.807) is 0 Å². The van der Waals surface area contributed by atoms with Gasteiger partial charge in [0.1, 0.15) is 0 Å². The fourth-order valence-corrected chi connectivity index (χ4v) is 2.84. The summed E-state index contributed by atoms with van der Waals surface area (Å²) >= 11 is 0. The lowest BCUT2D eigenvalue weighted by Gasteiger charge is -2.31. The zero-order valence-corrected chi connectivity index (χ0v) is 13.2. The van der Waals surface area contributed by atoms with E-state index in [-0.39, 0.29) is 11.3 Å². The predicted octanol–water partition coefficient (Wildman–Crippen LogP) is 5.20. The molecular formula is C16H32O3. The van der Waals surface area contributed by atoms with Gasteiger partial charge in [-0.25, -0.2) is 4.79 Å². The van der Waals surface area contributed by atoms with Crippen molar-refractivity contribution < 1.29 is 14.9 Å². The molecule has 114 valence electrons. The molecule has 0 aliphatic heterocycles. The minimum absolute atomic E-state index is 0.0992. The minimum Gasteiger partial charge on any atom is -0.301 e. The smallest absolute Gasteiger partial charge is 0.301 e. The summed E-state index contributed by atoms with van der Waals surface area (Å²) in [7, 11) is 0. The van der Waals surface area contributed by atoms with Crippen LogP contribution in [0.3, 0.4) is 0 Å². The molecule has 1 unspecified atom stereocenters. The van der Waals surface area contributed by atoms with Crippen molar-refractivity contribution in [3.05, 3.63) is 0 Å². The molecule has 0 aliphatic carbocycles. The number of rotatable bonds is 11. The number of carbonyl (C=O) groups excluding carboxylic acids is 1. The lowest BCUT2D eigenvalue weighted by atomic mass is 9.73. The predicted molar refractivity (Wildman–Crippen MR) is 78.9 cm³/mol. The Morgan fingerprint density at radius 3 is 2.16 bits per heavy atom. The SMILES string of the molecule is CCCCCCCCC(C(=O)OO)C(C)(C)CCC. The van der Waals surface area contributed by atoms with Crippen LogP contribution in [0.15, 0.2) is 0 Å². The van der Waals surface area contributed by atoms with Crippen molar-refractivity contribution in [3.8, 4) is 0 Å². The highest BCUT2D eigenvalue weighted by Crippen LogP contribution is 2.36. The highest BCUT2D eigenvalue weighted by molar-refractivity contribution is 5.72. The van der Waals surface area contributed by atoms with E-state index in [9.17, 15) is 4.79 Å². The average molecular weight is 272 g/mol. The molecule has 0 bridgehead atoms. The summed E-state index contributed by atoms with van der Waals surface area (Å²) in [4.78, 5) is 15.7. The van der Waals surface area contributed by atoms with Crippen molar-refractivity contribution in [2.24, 2.45) is 11.3 Å². The summed E-state index contributed by atoms with van der Waals surface area (Å²) < 4.78 is 0. The second-order valence-electron chi connectivity index (χ2n) is 6.26. The molecule has 1 atom stereocenters. The van der Waals surface area contributed by atoms with E-state index in [0.717, 1.165) is 32.1 Å². The van der Waals surface area contributed by atoms with Gasteiger partial charge in [0.25, 0.3) is 0 Å². The average Bonchev–Trinajstić information content (AvgIpc) is 2.36. The summed E-state index contributed by atoms with van der Waals surface area (Å²) in [5.41, 5.74) is -0.0992. The van der Waals surface area contributed by atoms with Crippen LogP contribution in [-0.4, -0.2) is 11.2 Å². The second kappa shape index (κ2) is 10.2. The van der Waals surface area contributed by atoms with E-state index in [4.69, 9.17) is 5.26 Å². The summed E-state index contributed by atoms with van der Waals surface area (Å²) in [5.74, 6) is -0.657. The second-order valence-corrected chi connectivity index (χ2v) is 6.26. The minimum atomic E-state index is -0.466. The molecule has 0 saturated heterocycles. The quantitative estimate of drug-likeness (QED) is 0.319. The van der Waals surface area contributed by atoms with Gasteiger partial charge in [-0.05, 0) is 18.3 Å². The fourth-order valence-electron chi connectivity index (χ4n) is 2.84. The molecule has 0 aromatic rings. The van der Waals surface area contributed by atoms with Crippen molar-refractivity contribution >= 4 is 5.97 Å². The Morgan fingerprint density at radius 1 is 1.05 bits per heavy atom. The molecular weight excluding hydrogens is 240 g/mol. The third kappa shape index (κ3) is 7.56. The molecule has 0 aromatic heterocycles. The highest BCUT2D eigenvalue weighted by Gasteiger charge is 2.35. The van der Waals surface area contributed by atoms with Crippen LogP contribution in [0.4, 0.5) is 0 Å². The van der Waals surface area contributed by atoms with Crippen molar-refractivity contribution in [1.29, 1.82) is 0 Å². The first kappa shape index (κ1) is 18.4. The molecule has 0 heterocycles. The standard InChI is InChI=1S/C16H32O3/c1-5-7-8-9-10-11-12-14(15(17)19-18)16(3,4)13-6-2/h14,18H,5-13H2,1-4H3. The van der Waals surface area contributed by atoms with E-state index in [1.165, 1.54) is 25.7 Å². The van der Waals surface area contributed by atoms with Gasteiger partial charge in [0.05, 0.1) is 5.92 Å². The molecule has 0 saturated carbocycles. The van der Waals surface area contributed by atoms with Crippen molar-refractivity contribution in [2.45, 2.75) is 85.5 Å². The van der Waals surface area contributed by atoms with Gasteiger partial charge in [-0.15, -0.1) is 0 Å². The van der Waals surface area contributed by atoms with Crippen LogP contribution in [0.1, 0.15) is 85.5 Å². The van der Waals surface area contributed by atoms with E-state index >= 15 is 0 Å². The number of carbonyl (C=O) groups is 1. The molecule has 0 amide bonds. The van der Waals surface area contributed by atoms with Gasteiger partial charge in [0.2, 0.25) is 0 Å². The Morgan fingerprint density at radius 2 is 1.63 bits per heavy atom. The molecule has 0 rings (SSSR count). The van der Waals surface area contributed by atoms with Gasteiger partial charge in [-0.1, -0.05) is 72.6 Å². The van der Waals surface area contributed by atoms with Gasteiger partial charge in [-0.3, -0.25) is 0 Å². The molecule has 0 spiro atoms. The summed E-state index contributed by atoms with van der Waals surface area (Å²) in [6, 6.07) is 0. The lowest BCUT2D eigenvalue weighted by Crippen LogP contribution is -2.32. The molecule has 0 fully saturated rings. The van der Waals surface area contributed by atoms with E-state index in [0.29, 0.717) is 0 Å². The van der Waals surface area contributed by atoms with E-state index in [1.807, 2.05) is 0 Å². The molecule has 19 heavy (non-hydrogen) atoms. The first-order valence-corrected chi connectivity index (χ1v) is 7.84. The van der Waals surface area contributed by atoms with Crippen molar-refractivity contribution in [1.82, 2.24) is 0 Å². The summed E-state index contributed by atoms with van der Waals surface area (Å²) in [6.45, 7) is 8.51. The normalized spacial score (nSPS) is 13.3. The molecule has 1 N–H and O–H groups in total. The van der Waals surface area contributed by atoms with Gasteiger partial charge < -0.3 is 4.89 Å². The monoisotopic (exact) mass is 272 g/mol.